The molecule has 0 atom stereocenters. The summed E-state index contributed by atoms with van der Waals surface area (Å²) in [5, 5.41) is 94.5. The van der Waals surface area contributed by atoms with E-state index in [0.29, 0.717) is 56.0 Å². The second kappa shape index (κ2) is 39.5. The van der Waals surface area contributed by atoms with Gasteiger partial charge in [-0.05, 0) is 230 Å². The fraction of sp³-hybridized carbons (Fsp3) is 0.128. The summed E-state index contributed by atoms with van der Waals surface area (Å²) in [5.41, 5.74) is 8.24. The zero-order valence-electron chi connectivity index (χ0n) is 52.2. The summed E-state index contributed by atoms with van der Waals surface area (Å²) in [6.45, 7) is 18.3. The van der Waals surface area contributed by atoms with Crippen molar-refractivity contribution in [2.24, 2.45) is 0 Å². The molecule has 90 heavy (non-hydrogen) atoms. The lowest BCUT2D eigenvalue weighted by Gasteiger charge is -2.18. The highest BCUT2D eigenvalue weighted by Crippen LogP contribution is 2.25. The van der Waals surface area contributed by atoms with Crippen LogP contribution >= 0.6 is 23.2 Å². The van der Waals surface area contributed by atoms with Crippen LogP contribution in [0.4, 0.5) is 0 Å². The van der Waals surface area contributed by atoms with Crippen molar-refractivity contribution in [2.45, 2.75) is 67.7 Å². The third kappa shape index (κ3) is 31.9. The van der Waals surface area contributed by atoms with Crippen LogP contribution in [0.1, 0.15) is 59.7 Å². The van der Waals surface area contributed by atoms with E-state index in [1.807, 2.05) is 163 Å². The number of rotatable bonds is 0. The predicted octanol–water partition coefficient (Wildman–Crippen LogP) is 20.7. The van der Waals surface area contributed by atoms with E-state index in [2.05, 4.69) is 20.8 Å². The number of aromatic hydroxyl groups is 10. The number of fused-ring (bicyclic) bond motifs is 2. The molecule has 0 amide bonds. The number of halogens is 2. The van der Waals surface area contributed by atoms with Crippen LogP contribution in [-0.2, 0) is 5.41 Å². The van der Waals surface area contributed by atoms with Gasteiger partial charge in [-0.3, -0.25) is 0 Å². The molecule has 0 spiro atoms. The van der Waals surface area contributed by atoms with Crippen molar-refractivity contribution >= 4 is 44.7 Å². The molecule has 0 bridgehead atoms. The molecular weight excluding hydrogens is 1170 g/mol. The van der Waals surface area contributed by atoms with Gasteiger partial charge < -0.3 is 51.1 Å². The fourth-order valence-corrected chi connectivity index (χ4v) is 7.85. The van der Waals surface area contributed by atoms with Gasteiger partial charge in [0.1, 0.15) is 57.5 Å². The minimum Gasteiger partial charge on any atom is -0.508 e. The monoisotopic (exact) mass is 1250 g/mol. The zero-order valence-corrected chi connectivity index (χ0v) is 53.7. The third-order valence-electron chi connectivity index (χ3n) is 12.4. The molecule has 12 aromatic carbocycles. The molecule has 0 aliphatic heterocycles. The number of para-hydroxylation sites is 1. The van der Waals surface area contributed by atoms with E-state index >= 15 is 0 Å². The Bertz CT molecular complexity index is 3740. The first-order valence-electron chi connectivity index (χ1n) is 28.5. The number of benzene rings is 12. The number of aryl methyl sites for hydroxylation is 6. The molecule has 10 nitrogen and oxygen atoms in total. The van der Waals surface area contributed by atoms with Gasteiger partial charge in [0.25, 0.3) is 0 Å². The van der Waals surface area contributed by atoms with E-state index in [9.17, 15) is 5.11 Å². The molecule has 0 heterocycles. The molecule has 10 N–H and O–H groups in total. The van der Waals surface area contributed by atoms with Crippen LogP contribution in [0.5, 0.6) is 57.5 Å². The lowest BCUT2D eigenvalue weighted by molar-refractivity contribution is 0.473. The van der Waals surface area contributed by atoms with Gasteiger partial charge in [-0.1, -0.05) is 189 Å². The van der Waals surface area contributed by atoms with Gasteiger partial charge >= 0.3 is 0 Å². The summed E-state index contributed by atoms with van der Waals surface area (Å²) in [6, 6.07) is 80.6. The normalized spacial score (nSPS) is 9.72. The van der Waals surface area contributed by atoms with E-state index in [0.717, 1.165) is 43.8 Å². The smallest absolute Gasteiger partial charge is 0.123 e. The Balaban J connectivity index is 0.000000262. The fourth-order valence-electron chi connectivity index (χ4n) is 7.54. The molecular formula is C78H82Cl2O10. The van der Waals surface area contributed by atoms with Crippen LogP contribution in [0.25, 0.3) is 21.5 Å². The molecule has 0 aromatic heterocycles. The highest BCUT2D eigenvalue weighted by atomic mass is 35.5. The van der Waals surface area contributed by atoms with Crippen molar-refractivity contribution in [3.63, 3.8) is 0 Å². The van der Waals surface area contributed by atoms with Gasteiger partial charge in [-0.25, -0.2) is 0 Å². The van der Waals surface area contributed by atoms with Crippen LogP contribution < -0.4 is 0 Å². The standard InChI is InChI=1S/2C10H8O.C10H14O.2C8H10O.2C7H8O.2C6H5ClO.C6H6O/c11-10-7-3-5-8-4-1-2-6-9(8)10;11-10-6-5-8-3-1-2-4-9(8)7-10;1-10(2,3)8-4-6-9(11)7-5-8;1-6-3-7(2)5-8(9)4-6;1-6-3-4-8(9)5-7(6)2;1-6-2-4-7(8)5-3-6;1-6-3-2-4-7(8)5-6;7-5-1-3-6(8)4-2-5;7-5-2-1-3-6(8)4-5;7-6-4-2-1-3-5-6/h2*1-7,11H;4-7,11H,1-3H3;2*3-5,9H,1-2H3;2*2-5,8H,1H3;2*1-4,8H;1-5,7H. The Morgan fingerprint density at radius 3 is 1.09 bits per heavy atom. The highest BCUT2D eigenvalue weighted by Gasteiger charge is 2.12. The van der Waals surface area contributed by atoms with Crippen LogP contribution in [0.2, 0.25) is 10.0 Å². The molecule has 0 saturated heterocycles. The number of hydrogen-bond donors (Lipinski definition) is 10. The lowest BCUT2D eigenvalue weighted by Crippen LogP contribution is -2.10. The van der Waals surface area contributed by atoms with Crippen molar-refractivity contribution in [3.05, 3.63) is 322 Å². The highest BCUT2D eigenvalue weighted by molar-refractivity contribution is 6.30. The second-order valence-corrected chi connectivity index (χ2v) is 22.3. The van der Waals surface area contributed by atoms with Crippen molar-refractivity contribution in [2.75, 3.05) is 0 Å². The molecule has 12 aromatic rings. The summed E-state index contributed by atoms with van der Waals surface area (Å²) in [7, 11) is 0. The number of hydrogen-bond acceptors (Lipinski definition) is 10. The Labute approximate surface area is 540 Å². The maximum Gasteiger partial charge on any atom is 0.123 e. The van der Waals surface area contributed by atoms with Crippen LogP contribution in [0.15, 0.2) is 273 Å². The van der Waals surface area contributed by atoms with Crippen molar-refractivity contribution in [1.29, 1.82) is 0 Å². The molecule has 0 aliphatic carbocycles. The first kappa shape index (κ1) is 74.0. The largest absolute Gasteiger partial charge is 0.508 e. The van der Waals surface area contributed by atoms with Gasteiger partial charge in [-0.2, -0.15) is 0 Å². The van der Waals surface area contributed by atoms with E-state index in [-0.39, 0.29) is 16.9 Å². The van der Waals surface area contributed by atoms with Crippen molar-refractivity contribution in [1.82, 2.24) is 0 Å². The summed E-state index contributed by atoms with van der Waals surface area (Å²) in [5.74, 6) is 3.14. The average molecular weight is 1250 g/mol. The molecule has 0 unspecified atom stereocenters. The summed E-state index contributed by atoms with van der Waals surface area (Å²) in [6.07, 6.45) is 0. The molecule has 0 saturated carbocycles. The average Bonchev–Trinajstić information content (AvgIpc) is 2.33. The van der Waals surface area contributed by atoms with Gasteiger partial charge in [-0.15, -0.1) is 0 Å². The van der Waals surface area contributed by atoms with E-state index < -0.39 is 0 Å². The zero-order chi connectivity index (χ0) is 66.6. The number of phenols is 10. The van der Waals surface area contributed by atoms with Gasteiger partial charge in [0.05, 0.1) is 0 Å². The molecule has 0 radical (unpaired) electrons. The van der Waals surface area contributed by atoms with Gasteiger partial charge in [0, 0.05) is 15.4 Å². The topological polar surface area (TPSA) is 202 Å². The van der Waals surface area contributed by atoms with Crippen molar-refractivity contribution in [3.8, 4) is 57.5 Å². The number of phenolic OH excluding ortho intramolecular Hbond substituents is 10. The third-order valence-corrected chi connectivity index (χ3v) is 12.8. The minimum atomic E-state index is 0.174. The summed E-state index contributed by atoms with van der Waals surface area (Å²) >= 11 is 11.0. The van der Waals surface area contributed by atoms with Crippen LogP contribution in [0.3, 0.4) is 0 Å². The molecule has 0 aliphatic rings. The molecule has 12 rings (SSSR count). The molecule has 468 valence electrons. The Morgan fingerprint density at radius 2 is 0.656 bits per heavy atom. The van der Waals surface area contributed by atoms with Gasteiger partial charge in [0.15, 0.2) is 0 Å². The predicted molar refractivity (Wildman–Crippen MR) is 373 cm³/mol. The summed E-state index contributed by atoms with van der Waals surface area (Å²) < 4.78 is 0. The van der Waals surface area contributed by atoms with Gasteiger partial charge in [0.2, 0.25) is 0 Å². The van der Waals surface area contributed by atoms with Crippen LogP contribution in [0, 0.1) is 41.5 Å². The maximum absolute atomic E-state index is 9.37. The Kier molecular flexibility index (Phi) is 32.5. The Morgan fingerprint density at radius 1 is 0.244 bits per heavy atom. The lowest BCUT2D eigenvalue weighted by atomic mass is 9.87. The quantitative estimate of drug-likeness (QED) is 0.0696. The van der Waals surface area contributed by atoms with E-state index in [4.69, 9.17) is 69.2 Å². The first-order chi connectivity index (χ1) is 42.7. The van der Waals surface area contributed by atoms with Crippen molar-refractivity contribution < 1.29 is 51.1 Å². The Hall–Kier alpha value is -10.3. The van der Waals surface area contributed by atoms with Crippen LogP contribution in [-0.4, -0.2) is 51.1 Å². The summed E-state index contributed by atoms with van der Waals surface area (Å²) in [4.78, 5) is 0. The maximum atomic E-state index is 9.37. The first-order valence-corrected chi connectivity index (χ1v) is 29.2. The second-order valence-electron chi connectivity index (χ2n) is 21.4. The van der Waals surface area contributed by atoms with E-state index in [1.165, 1.54) is 22.8 Å². The van der Waals surface area contributed by atoms with E-state index in [1.54, 1.807) is 146 Å². The minimum absolute atomic E-state index is 0.174. The molecule has 12 heteroatoms. The SMILES string of the molecule is CC(C)(C)c1ccc(O)cc1.Cc1cc(C)cc(O)c1.Cc1ccc(O)cc1.Cc1ccc(O)cc1C.Cc1cccc(O)c1.Oc1ccc(Cl)cc1.Oc1ccc2ccccc2c1.Oc1cccc(Cl)c1.Oc1cccc2ccccc12.Oc1ccccc1. The molecule has 0 fully saturated rings.